The first-order valence-corrected chi connectivity index (χ1v) is 7.39. The van der Waals surface area contributed by atoms with Crippen LogP contribution in [0.2, 0.25) is 0 Å². The molecule has 0 saturated heterocycles. The first-order chi connectivity index (χ1) is 9.61. The van der Waals surface area contributed by atoms with Gasteiger partial charge in [0.15, 0.2) is 0 Å². The summed E-state index contributed by atoms with van der Waals surface area (Å²) in [7, 11) is 0. The van der Waals surface area contributed by atoms with Crippen LogP contribution < -0.4 is 0 Å². The maximum absolute atomic E-state index is 13.8. The fourth-order valence-electron chi connectivity index (χ4n) is 2.34. The molecule has 0 aliphatic heterocycles. The molecule has 0 spiro atoms. The van der Waals surface area contributed by atoms with Crippen LogP contribution in [0.25, 0.3) is 0 Å². The second kappa shape index (κ2) is 6.99. The summed E-state index contributed by atoms with van der Waals surface area (Å²) in [6, 6.07) is 4.66. The van der Waals surface area contributed by atoms with Crippen LogP contribution in [0, 0.1) is 11.7 Å². The number of rotatable bonds is 5. The van der Waals surface area contributed by atoms with Gasteiger partial charge in [0.1, 0.15) is 5.82 Å². The van der Waals surface area contributed by atoms with Gasteiger partial charge in [-0.15, -0.1) is 0 Å². The van der Waals surface area contributed by atoms with Gasteiger partial charge in [0.2, 0.25) is 5.91 Å². The lowest BCUT2D eigenvalue weighted by Gasteiger charge is -2.25. The Morgan fingerprint density at radius 2 is 2.10 bits per heavy atom. The van der Waals surface area contributed by atoms with E-state index in [1.54, 1.807) is 12.1 Å². The van der Waals surface area contributed by atoms with Gasteiger partial charge in [-0.3, -0.25) is 4.79 Å². The molecule has 0 radical (unpaired) electrons. The highest BCUT2D eigenvalue weighted by Crippen LogP contribution is 2.23. The van der Waals surface area contributed by atoms with Crippen molar-refractivity contribution in [2.75, 3.05) is 13.2 Å². The summed E-state index contributed by atoms with van der Waals surface area (Å²) in [6.45, 7) is 0.282. The Morgan fingerprint density at radius 3 is 2.75 bits per heavy atom. The molecule has 0 unspecified atom stereocenters. The largest absolute Gasteiger partial charge is 0.395 e. The lowest BCUT2D eigenvalue weighted by Crippen LogP contribution is -2.37. The van der Waals surface area contributed by atoms with Gasteiger partial charge in [-0.25, -0.2) is 4.39 Å². The van der Waals surface area contributed by atoms with E-state index in [0.29, 0.717) is 5.56 Å². The minimum absolute atomic E-state index is 0.0246. The molecule has 1 N–H and O–H groups in total. The molecule has 0 atom stereocenters. The highest BCUT2D eigenvalue weighted by Gasteiger charge is 2.25. The second-order valence-corrected chi connectivity index (χ2v) is 5.77. The van der Waals surface area contributed by atoms with Crippen LogP contribution in [-0.4, -0.2) is 29.1 Å². The molecule has 1 aromatic rings. The molecule has 1 amide bonds. The molecule has 2 rings (SSSR count). The Labute approximate surface area is 126 Å². The molecule has 0 fully saturated rings. The van der Waals surface area contributed by atoms with Crippen molar-refractivity contribution in [1.82, 2.24) is 4.90 Å². The maximum atomic E-state index is 13.8. The molecular weight excluding hydrogens is 325 g/mol. The van der Waals surface area contributed by atoms with Crippen LogP contribution in [0.15, 0.2) is 34.8 Å². The van der Waals surface area contributed by atoms with Gasteiger partial charge in [0.25, 0.3) is 0 Å². The zero-order valence-corrected chi connectivity index (χ0v) is 12.6. The van der Waals surface area contributed by atoms with Crippen molar-refractivity contribution < 1.29 is 14.3 Å². The number of aliphatic hydroxyl groups excluding tert-OH is 1. The van der Waals surface area contributed by atoms with Crippen LogP contribution in [0.3, 0.4) is 0 Å². The number of halogens is 2. The number of benzene rings is 1. The molecule has 0 heterocycles. The average Bonchev–Trinajstić information content (AvgIpc) is 2.95. The number of amides is 1. The topological polar surface area (TPSA) is 40.5 Å². The Balaban J connectivity index is 2.12. The summed E-state index contributed by atoms with van der Waals surface area (Å²) < 4.78 is 14.5. The Bertz CT molecular complexity index is 511. The van der Waals surface area contributed by atoms with Crippen molar-refractivity contribution in [1.29, 1.82) is 0 Å². The molecule has 0 aromatic heterocycles. The Morgan fingerprint density at radius 1 is 1.40 bits per heavy atom. The fourth-order valence-corrected chi connectivity index (χ4v) is 2.74. The van der Waals surface area contributed by atoms with Crippen molar-refractivity contribution in [3.05, 3.63) is 46.2 Å². The van der Waals surface area contributed by atoms with Crippen molar-refractivity contribution in [2.45, 2.75) is 19.4 Å². The third kappa shape index (κ3) is 3.67. The van der Waals surface area contributed by atoms with Crippen molar-refractivity contribution >= 4 is 21.8 Å². The lowest BCUT2D eigenvalue weighted by molar-refractivity contribution is -0.136. The maximum Gasteiger partial charge on any atom is 0.226 e. The molecule has 3 nitrogen and oxygen atoms in total. The highest BCUT2D eigenvalue weighted by molar-refractivity contribution is 9.10. The van der Waals surface area contributed by atoms with Crippen LogP contribution in [0.5, 0.6) is 0 Å². The minimum Gasteiger partial charge on any atom is -0.395 e. The third-order valence-corrected chi connectivity index (χ3v) is 3.90. The molecule has 0 bridgehead atoms. The number of allylic oxidation sites excluding steroid dienone is 2. The monoisotopic (exact) mass is 341 g/mol. The first kappa shape index (κ1) is 15.2. The number of hydrogen-bond acceptors (Lipinski definition) is 2. The SMILES string of the molecule is O=C(C1CC=CC1)N(CCO)Cc1cc(Br)ccc1F. The van der Waals surface area contributed by atoms with Gasteiger partial charge < -0.3 is 10.0 Å². The van der Waals surface area contributed by atoms with Crippen molar-refractivity contribution in [3.63, 3.8) is 0 Å². The second-order valence-electron chi connectivity index (χ2n) is 4.86. The van der Waals surface area contributed by atoms with E-state index < -0.39 is 0 Å². The number of nitrogens with zero attached hydrogens (tertiary/aromatic N) is 1. The summed E-state index contributed by atoms with van der Waals surface area (Å²) in [5.41, 5.74) is 0.451. The third-order valence-electron chi connectivity index (χ3n) is 3.41. The van der Waals surface area contributed by atoms with Crippen molar-refractivity contribution in [2.24, 2.45) is 5.92 Å². The van der Waals surface area contributed by atoms with E-state index in [0.717, 1.165) is 17.3 Å². The number of aliphatic hydroxyl groups is 1. The van der Waals surface area contributed by atoms with E-state index in [4.69, 9.17) is 5.11 Å². The van der Waals surface area contributed by atoms with Gasteiger partial charge in [-0.05, 0) is 31.0 Å². The molecule has 1 aliphatic rings. The normalized spacial score (nSPS) is 14.8. The zero-order valence-electron chi connectivity index (χ0n) is 11.1. The van der Waals surface area contributed by atoms with E-state index in [2.05, 4.69) is 15.9 Å². The van der Waals surface area contributed by atoms with Gasteiger partial charge in [0.05, 0.1) is 6.61 Å². The van der Waals surface area contributed by atoms with Gasteiger partial charge >= 0.3 is 0 Å². The average molecular weight is 342 g/mol. The highest BCUT2D eigenvalue weighted by atomic mass is 79.9. The number of carbonyl (C=O) groups excluding carboxylic acids is 1. The zero-order chi connectivity index (χ0) is 14.5. The van der Waals surface area contributed by atoms with Gasteiger partial charge in [-0.2, -0.15) is 0 Å². The molecule has 0 saturated carbocycles. The molecule has 5 heteroatoms. The van der Waals surface area contributed by atoms with Crippen LogP contribution in [-0.2, 0) is 11.3 Å². The summed E-state index contributed by atoms with van der Waals surface area (Å²) >= 11 is 3.30. The van der Waals surface area contributed by atoms with Crippen molar-refractivity contribution in [3.8, 4) is 0 Å². The molecule has 1 aliphatic carbocycles. The Kier molecular flexibility index (Phi) is 5.31. The summed E-state index contributed by atoms with van der Waals surface area (Å²) in [6.07, 6.45) is 5.42. The van der Waals surface area contributed by atoms with Gasteiger partial charge in [-0.1, -0.05) is 28.1 Å². The van der Waals surface area contributed by atoms with Crippen LogP contribution >= 0.6 is 15.9 Å². The summed E-state index contributed by atoms with van der Waals surface area (Å²) in [5, 5.41) is 9.12. The number of carbonyl (C=O) groups is 1. The standard InChI is InChI=1S/C15H17BrFNO2/c16-13-5-6-14(17)12(9-13)10-18(7-8-19)15(20)11-3-1-2-4-11/h1-2,5-6,9,11,19H,3-4,7-8,10H2. The predicted octanol–water partition coefficient (Wildman–Crippen LogP) is 2.88. The fraction of sp³-hybridized carbons (Fsp3) is 0.400. The summed E-state index contributed by atoms with van der Waals surface area (Å²) in [4.78, 5) is 13.9. The molecule has 20 heavy (non-hydrogen) atoms. The molecule has 1 aromatic carbocycles. The van der Waals surface area contributed by atoms with Crippen LogP contribution in [0.1, 0.15) is 18.4 Å². The predicted molar refractivity (Wildman–Crippen MR) is 78.5 cm³/mol. The van der Waals surface area contributed by atoms with Gasteiger partial charge in [0, 0.05) is 29.0 Å². The van der Waals surface area contributed by atoms with E-state index in [1.165, 1.54) is 11.0 Å². The minimum atomic E-state index is -0.339. The first-order valence-electron chi connectivity index (χ1n) is 6.60. The van der Waals surface area contributed by atoms with Crippen LogP contribution in [0.4, 0.5) is 4.39 Å². The van der Waals surface area contributed by atoms with E-state index in [-0.39, 0.29) is 37.3 Å². The van der Waals surface area contributed by atoms with E-state index in [1.807, 2.05) is 12.2 Å². The summed E-state index contributed by atoms with van der Waals surface area (Å²) in [5.74, 6) is -0.436. The molecular formula is C15H17BrFNO2. The lowest BCUT2D eigenvalue weighted by atomic mass is 10.1. The number of hydrogen-bond donors (Lipinski definition) is 1. The quantitative estimate of drug-likeness (QED) is 0.836. The van der Waals surface area contributed by atoms with E-state index in [9.17, 15) is 9.18 Å². The Hall–Kier alpha value is -1.20. The molecule has 108 valence electrons. The van der Waals surface area contributed by atoms with E-state index >= 15 is 0 Å². The smallest absolute Gasteiger partial charge is 0.226 e.